The molecule has 0 unspecified atom stereocenters. The van der Waals surface area contributed by atoms with Crippen molar-refractivity contribution in [1.29, 1.82) is 0 Å². The van der Waals surface area contributed by atoms with E-state index in [-0.39, 0.29) is 0 Å². The molecule has 0 atom stereocenters. The van der Waals surface area contributed by atoms with Gasteiger partial charge in [0.25, 0.3) is 0 Å². The minimum Gasteiger partial charge on any atom is -0.455 e. The van der Waals surface area contributed by atoms with Crippen LogP contribution in [0, 0.1) is 0 Å². The normalized spacial score (nSPS) is 18.9. The molecule has 150 valence electrons. The van der Waals surface area contributed by atoms with Gasteiger partial charge in [0.1, 0.15) is 17.2 Å². The zero-order chi connectivity index (χ0) is 19.5. The second-order valence-electron chi connectivity index (χ2n) is 7.73. The van der Waals surface area contributed by atoms with Gasteiger partial charge in [0.05, 0.1) is 13.2 Å². The van der Waals surface area contributed by atoms with Gasteiger partial charge in [-0.3, -0.25) is 9.89 Å². The maximum atomic E-state index is 6.23. The number of aryl methyl sites for hydroxylation is 1. The van der Waals surface area contributed by atoms with E-state index >= 15 is 0 Å². The Morgan fingerprint density at radius 3 is 2.93 bits per heavy atom. The number of thiophene rings is 1. The molecule has 1 aromatic carbocycles. The number of allylic oxidation sites excluding steroid dienone is 1. The highest BCUT2D eigenvalue weighted by Crippen LogP contribution is 2.33. The van der Waals surface area contributed by atoms with Crippen LogP contribution in [-0.4, -0.2) is 44.0 Å². The van der Waals surface area contributed by atoms with Gasteiger partial charge in [0.15, 0.2) is 0 Å². The van der Waals surface area contributed by atoms with E-state index in [1.54, 1.807) is 11.3 Å². The number of fused-ring (bicyclic) bond motifs is 2. The molecule has 4 nitrogen and oxygen atoms in total. The summed E-state index contributed by atoms with van der Waals surface area (Å²) in [5, 5.41) is 2.14. The van der Waals surface area contributed by atoms with E-state index in [4.69, 9.17) is 9.47 Å². The Bertz CT molecular complexity index is 967. The molecule has 1 aromatic heterocycles. The molecule has 1 fully saturated rings. The summed E-state index contributed by atoms with van der Waals surface area (Å²) < 4.78 is 11.7. The standard InChI is InChI=1S/C24H26N2O2S/c1(10-26-11-13-27-14-12-26)2-18-3-5-22-20(16-18)4-6-23(28-22)21-17-24-19(7-9-25-21)8-15-29-24/h3,5-6,8-9,15-17H,1-2,4,7,10-14H2. The Kier molecular flexibility index (Phi) is 5.61. The summed E-state index contributed by atoms with van der Waals surface area (Å²) in [4.78, 5) is 8.43. The molecule has 0 amide bonds. The van der Waals surface area contributed by atoms with Crippen molar-refractivity contribution in [2.75, 3.05) is 32.8 Å². The van der Waals surface area contributed by atoms with Crippen LogP contribution in [-0.2, 0) is 24.0 Å². The Hall–Kier alpha value is -2.21. The lowest BCUT2D eigenvalue weighted by atomic mass is 10.0. The summed E-state index contributed by atoms with van der Waals surface area (Å²) in [5.74, 6) is 1.83. The lowest BCUT2D eigenvalue weighted by molar-refractivity contribution is 0.0374. The van der Waals surface area contributed by atoms with E-state index < -0.39 is 0 Å². The summed E-state index contributed by atoms with van der Waals surface area (Å²) in [7, 11) is 0. The third-order valence-electron chi connectivity index (χ3n) is 5.74. The first-order valence-corrected chi connectivity index (χ1v) is 11.3. The van der Waals surface area contributed by atoms with Crippen LogP contribution in [0.5, 0.6) is 5.75 Å². The molecule has 5 heteroatoms. The molecule has 0 radical (unpaired) electrons. The summed E-state index contributed by atoms with van der Waals surface area (Å²) in [6.45, 7) is 5.03. The number of rotatable bonds is 5. The Labute approximate surface area is 176 Å². The molecule has 0 spiro atoms. The minimum absolute atomic E-state index is 0.870. The van der Waals surface area contributed by atoms with Crippen LogP contribution in [0.3, 0.4) is 0 Å². The van der Waals surface area contributed by atoms with Crippen molar-refractivity contribution < 1.29 is 9.47 Å². The molecule has 0 bridgehead atoms. The summed E-state index contributed by atoms with van der Waals surface area (Å²) >= 11 is 1.76. The lowest BCUT2D eigenvalue weighted by Gasteiger charge is -2.26. The summed E-state index contributed by atoms with van der Waals surface area (Å²) in [6.07, 6.45) is 10.4. The van der Waals surface area contributed by atoms with Crippen molar-refractivity contribution in [3.63, 3.8) is 0 Å². The Morgan fingerprint density at radius 1 is 1.07 bits per heavy atom. The number of benzene rings is 1. The van der Waals surface area contributed by atoms with Gasteiger partial charge in [-0.05, 0) is 72.2 Å². The van der Waals surface area contributed by atoms with Gasteiger partial charge in [-0.1, -0.05) is 12.1 Å². The van der Waals surface area contributed by atoms with E-state index in [2.05, 4.69) is 51.7 Å². The molecule has 5 rings (SSSR count). The van der Waals surface area contributed by atoms with Crippen molar-refractivity contribution >= 4 is 23.6 Å². The smallest absolute Gasteiger partial charge is 0.149 e. The van der Waals surface area contributed by atoms with Crippen molar-refractivity contribution in [3.8, 4) is 5.75 Å². The number of morpholine rings is 1. The van der Waals surface area contributed by atoms with Gasteiger partial charge in [-0.25, -0.2) is 0 Å². The van der Waals surface area contributed by atoms with Crippen LogP contribution in [0.1, 0.15) is 28.0 Å². The largest absolute Gasteiger partial charge is 0.455 e. The second-order valence-corrected chi connectivity index (χ2v) is 8.68. The van der Waals surface area contributed by atoms with Gasteiger partial charge in [0, 0.05) is 30.6 Å². The molecule has 0 N–H and O–H groups in total. The molecule has 29 heavy (non-hydrogen) atoms. The second kappa shape index (κ2) is 8.66. The zero-order valence-electron chi connectivity index (χ0n) is 16.6. The number of aliphatic imine (C=N–C) groups is 1. The fourth-order valence-electron chi connectivity index (χ4n) is 4.08. The van der Waals surface area contributed by atoms with Gasteiger partial charge in [-0.15, -0.1) is 11.3 Å². The molecule has 0 saturated carbocycles. The van der Waals surface area contributed by atoms with Crippen LogP contribution in [0.15, 0.2) is 52.2 Å². The number of hydrogen-bond donors (Lipinski definition) is 0. The highest BCUT2D eigenvalue weighted by Gasteiger charge is 2.18. The molecule has 4 heterocycles. The SMILES string of the molecule is C1=NC(C2=CCc3cc(CCCN4CCOCC4)ccc3O2)=Cc2sccc2C1. The van der Waals surface area contributed by atoms with Crippen LogP contribution < -0.4 is 4.74 Å². The van der Waals surface area contributed by atoms with Crippen LogP contribution >= 0.6 is 11.3 Å². The topological polar surface area (TPSA) is 34.1 Å². The number of ether oxygens (including phenoxy) is 2. The molecule has 0 aliphatic carbocycles. The monoisotopic (exact) mass is 406 g/mol. The fourth-order valence-corrected chi connectivity index (χ4v) is 4.94. The van der Waals surface area contributed by atoms with Crippen molar-refractivity contribution in [1.82, 2.24) is 4.90 Å². The fraction of sp³-hybridized carbons (Fsp3) is 0.375. The van der Waals surface area contributed by atoms with Crippen LogP contribution in [0.4, 0.5) is 0 Å². The molecule has 3 aliphatic heterocycles. The van der Waals surface area contributed by atoms with Gasteiger partial charge >= 0.3 is 0 Å². The summed E-state index contributed by atoms with van der Waals surface area (Å²) in [6, 6.07) is 8.83. The minimum atomic E-state index is 0.870. The third kappa shape index (κ3) is 4.37. The van der Waals surface area contributed by atoms with E-state index in [0.717, 1.165) is 69.3 Å². The molecule has 2 aromatic rings. The van der Waals surface area contributed by atoms with Gasteiger partial charge in [-0.2, -0.15) is 0 Å². The van der Waals surface area contributed by atoms with Crippen LogP contribution in [0.2, 0.25) is 0 Å². The van der Waals surface area contributed by atoms with E-state index in [0.29, 0.717) is 0 Å². The van der Waals surface area contributed by atoms with Gasteiger partial charge < -0.3 is 9.47 Å². The average molecular weight is 407 g/mol. The molecule has 3 aliphatic rings. The predicted octanol–water partition coefficient (Wildman–Crippen LogP) is 4.50. The highest BCUT2D eigenvalue weighted by atomic mass is 32.1. The van der Waals surface area contributed by atoms with Crippen molar-refractivity contribution in [2.24, 2.45) is 4.99 Å². The van der Waals surface area contributed by atoms with E-state index in [1.807, 2.05) is 6.21 Å². The highest BCUT2D eigenvalue weighted by molar-refractivity contribution is 7.11. The first kappa shape index (κ1) is 18.8. The van der Waals surface area contributed by atoms with Crippen molar-refractivity contribution in [3.05, 3.63) is 68.7 Å². The van der Waals surface area contributed by atoms with Crippen LogP contribution in [0.25, 0.3) is 6.08 Å². The summed E-state index contributed by atoms with van der Waals surface area (Å²) in [5.41, 5.74) is 4.93. The quantitative estimate of drug-likeness (QED) is 0.733. The number of nitrogens with zero attached hydrogens (tertiary/aromatic N) is 2. The third-order valence-corrected chi connectivity index (χ3v) is 6.64. The number of hydrogen-bond acceptors (Lipinski definition) is 5. The zero-order valence-corrected chi connectivity index (χ0v) is 17.4. The van der Waals surface area contributed by atoms with Gasteiger partial charge in [0.2, 0.25) is 0 Å². The molecule has 1 saturated heterocycles. The maximum absolute atomic E-state index is 6.23. The van der Waals surface area contributed by atoms with E-state index in [1.165, 1.54) is 28.0 Å². The average Bonchev–Trinajstić information content (AvgIpc) is 3.10. The Morgan fingerprint density at radius 2 is 2.00 bits per heavy atom. The molecular weight excluding hydrogens is 380 g/mol. The predicted molar refractivity (Wildman–Crippen MR) is 119 cm³/mol. The van der Waals surface area contributed by atoms with Crippen molar-refractivity contribution in [2.45, 2.75) is 25.7 Å². The maximum Gasteiger partial charge on any atom is 0.149 e. The van der Waals surface area contributed by atoms with E-state index in [9.17, 15) is 0 Å². The first-order chi connectivity index (χ1) is 14.3. The lowest BCUT2D eigenvalue weighted by Crippen LogP contribution is -2.36. The first-order valence-electron chi connectivity index (χ1n) is 10.5. The molecular formula is C24H26N2O2S. The Balaban J connectivity index is 1.23.